The Kier molecular flexibility index (Phi) is 8.31. The third-order valence-electron chi connectivity index (χ3n) is 6.03. The fraction of sp³-hybridized carbons (Fsp3) is 1.00. The number of hydrogen-bond donors (Lipinski definition) is 0. The zero-order chi connectivity index (χ0) is 16.7. The highest BCUT2D eigenvalue weighted by atomic mass is 15.3. The van der Waals surface area contributed by atoms with Crippen molar-refractivity contribution in [1.29, 1.82) is 0 Å². The summed E-state index contributed by atoms with van der Waals surface area (Å²) in [6, 6.07) is 1.53. The fourth-order valence-corrected chi connectivity index (χ4v) is 3.80. The van der Waals surface area contributed by atoms with E-state index in [0.717, 1.165) is 12.1 Å². The van der Waals surface area contributed by atoms with Crippen molar-refractivity contribution in [2.75, 3.05) is 53.6 Å². The maximum atomic E-state index is 2.63. The summed E-state index contributed by atoms with van der Waals surface area (Å²) in [6.45, 7) is 12.2. The molecule has 0 amide bonds. The van der Waals surface area contributed by atoms with Crippen molar-refractivity contribution in [2.24, 2.45) is 0 Å². The quantitative estimate of drug-likeness (QED) is 0.637. The normalized spacial score (nSPS) is 29.2. The summed E-state index contributed by atoms with van der Waals surface area (Å²) < 4.78 is 0. The van der Waals surface area contributed by atoms with Crippen LogP contribution in [-0.4, -0.2) is 85.3 Å². The van der Waals surface area contributed by atoms with Crippen molar-refractivity contribution >= 4 is 0 Å². The van der Waals surface area contributed by atoms with E-state index in [4.69, 9.17) is 0 Å². The molecule has 2 rings (SSSR count). The molecule has 0 radical (unpaired) electrons. The fourth-order valence-electron chi connectivity index (χ4n) is 3.80. The third-order valence-corrected chi connectivity index (χ3v) is 6.03. The van der Waals surface area contributed by atoms with E-state index in [2.05, 4.69) is 47.5 Å². The monoisotopic (exact) mass is 324 g/mol. The second kappa shape index (κ2) is 9.97. The molecule has 0 N–H and O–H groups in total. The molecule has 0 aromatic carbocycles. The Bertz CT molecular complexity index is 292. The Hall–Kier alpha value is -0.160. The molecular weight excluding hydrogens is 284 g/mol. The van der Waals surface area contributed by atoms with Crippen LogP contribution in [-0.2, 0) is 0 Å². The minimum absolute atomic E-state index is 0.767. The minimum atomic E-state index is 0.767. The van der Waals surface area contributed by atoms with Gasteiger partial charge in [-0.25, -0.2) is 0 Å². The third kappa shape index (κ3) is 6.69. The van der Waals surface area contributed by atoms with Crippen molar-refractivity contribution in [3.8, 4) is 0 Å². The summed E-state index contributed by atoms with van der Waals surface area (Å²) in [6.07, 6.45) is 9.66. The van der Waals surface area contributed by atoms with Crippen LogP contribution in [0, 0.1) is 0 Å². The molecule has 4 nitrogen and oxygen atoms in total. The summed E-state index contributed by atoms with van der Waals surface area (Å²) in [5, 5.41) is 0. The molecule has 0 aliphatic carbocycles. The molecule has 2 aliphatic heterocycles. The van der Waals surface area contributed by atoms with Crippen LogP contribution < -0.4 is 0 Å². The van der Waals surface area contributed by atoms with Gasteiger partial charge in [0.2, 0.25) is 0 Å². The molecule has 4 heteroatoms. The number of rotatable bonds is 8. The molecule has 0 saturated carbocycles. The SMILES string of the molecule is C[C@@H]1CCN(CCCCCCCN2CC[C@@H](C)N(C)C2)CN1C. The Morgan fingerprint density at radius 1 is 0.652 bits per heavy atom. The molecule has 136 valence electrons. The lowest BCUT2D eigenvalue weighted by atomic mass is 10.1. The summed E-state index contributed by atoms with van der Waals surface area (Å²) in [4.78, 5) is 10.2. The van der Waals surface area contributed by atoms with Crippen LogP contribution >= 0.6 is 0 Å². The summed E-state index contributed by atoms with van der Waals surface area (Å²) in [7, 11) is 4.52. The summed E-state index contributed by atoms with van der Waals surface area (Å²) in [5.74, 6) is 0. The summed E-state index contributed by atoms with van der Waals surface area (Å²) in [5.41, 5.74) is 0. The lowest BCUT2D eigenvalue weighted by Gasteiger charge is -2.38. The molecule has 0 spiro atoms. The van der Waals surface area contributed by atoms with E-state index in [9.17, 15) is 0 Å². The molecule has 0 unspecified atom stereocenters. The number of nitrogens with zero attached hydrogens (tertiary/aromatic N) is 4. The Morgan fingerprint density at radius 3 is 1.43 bits per heavy atom. The molecule has 2 heterocycles. The van der Waals surface area contributed by atoms with E-state index >= 15 is 0 Å². The lowest BCUT2D eigenvalue weighted by Crippen LogP contribution is -2.47. The van der Waals surface area contributed by atoms with Gasteiger partial charge >= 0.3 is 0 Å². The Balaban J connectivity index is 1.43. The van der Waals surface area contributed by atoms with Crippen LogP contribution in [0.5, 0.6) is 0 Å². The predicted octanol–water partition coefficient (Wildman–Crippen LogP) is 2.90. The van der Waals surface area contributed by atoms with Crippen LogP contribution in [0.1, 0.15) is 58.8 Å². The zero-order valence-electron chi connectivity index (χ0n) is 16.1. The topological polar surface area (TPSA) is 13.0 Å². The van der Waals surface area contributed by atoms with Gasteiger partial charge in [0.05, 0.1) is 13.3 Å². The van der Waals surface area contributed by atoms with Gasteiger partial charge in [-0.05, 0) is 66.7 Å². The van der Waals surface area contributed by atoms with Gasteiger partial charge in [-0.2, -0.15) is 0 Å². The van der Waals surface area contributed by atoms with Crippen LogP contribution in [0.2, 0.25) is 0 Å². The average Bonchev–Trinajstić information content (AvgIpc) is 2.53. The second-order valence-corrected chi connectivity index (χ2v) is 8.08. The molecule has 2 aliphatic rings. The zero-order valence-corrected chi connectivity index (χ0v) is 16.1. The van der Waals surface area contributed by atoms with Gasteiger partial charge in [-0.1, -0.05) is 19.3 Å². The highest BCUT2D eigenvalue weighted by molar-refractivity contribution is 4.74. The van der Waals surface area contributed by atoms with Crippen LogP contribution in [0.4, 0.5) is 0 Å². The van der Waals surface area contributed by atoms with E-state index in [0.29, 0.717) is 0 Å². The van der Waals surface area contributed by atoms with Gasteiger partial charge in [0.15, 0.2) is 0 Å². The average molecular weight is 325 g/mol. The van der Waals surface area contributed by atoms with Crippen molar-refractivity contribution in [3.05, 3.63) is 0 Å². The van der Waals surface area contributed by atoms with E-state index in [1.54, 1.807) is 0 Å². The Labute approximate surface area is 144 Å². The van der Waals surface area contributed by atoms with E-state index in [-0.39, 0.29) is 0 Å². The highest BCUT2D eigenvalue weighted by Crippen LogP contribution is 2.14. The first-order chi connectivity index (χ1) is 11.1. The summed E-state index contributed by atoms with van der Waals surface area (Å²) >= 11 is 0. The highest BCUT2D eigenvalue weighted by Gasteiger charge is 2.20. The van der Waals surface area contributed by atoms with Gasteiger partial charge in [0, 0.05) is 25.2 Å². The van der Waals surface area contributed by atoms with Crippen LogP contribution in [0.15, 0.2) is 0 Å². The standard InChI is InChI=1S/C19H40N4/c1-18-10-14-22(16-20(18)3)12-8-6-5-7-9-13-23-15-11-19(2)21(4)17-23/h18-19H,5-17H2,1-4H3/t18-,19-/m1/s1. The first kappa shape index (κ1) is 19.2. The second-order valence-electron chi connectivity index (χ2n) is 8.08. The van der Waals surface area contributed by atoms with Gasteiger partial charge in [-0.15, -0.1) is 0 Å². The van der Waals surface area contributed by atoms with Gasteiger partial charge in [0.25, 0.3) is 0 Å². The molecule has 2 atom stereocenters. The molecule has 23 heavy (non-hydrogen) atoms. The van der Waals surface area contributed by atoms with E-state index in [1.807, 2.05) is 0 Å². The first-order valence-electron chi connectivity index (χ1n) is 9.91. The van der Waals surface area contributed by atoms with Gasteiger partial charge < -0.3 is 0 Å². The van der Waals surface area contributed by atoms with Crippen molar-refractivity contribution in [1.82, 2.24) is 19.6 Å². The number of hydrogen-bond acceptors (Lipinski definition) is 4. The van der Waals surface area contributed by atoms with E-state index in [1.165, 1.54) is 84.5 Å². The molecule has 0 bridgehead atoms. The molecule has 2 saturated heterocycles. The smallest absolute Gasteiger partial charge is 0.0505 e. The Morgan fingerprint density at radius 2 is 1.04 bits per heavy atom. The predicted molar refractivity (Wildman–Crippen MR) is 99.6 cm³/mol. The van der Waals surface area contributed by atoms with Crippen molar-refractivity contribution in [3.63, 3.8) is 0 Å². The maximum Gasteiger partial charge on any atom is 0.0505 e. The first-order valence-corrected chi connectivity index (χ1v) is 9.91. The lowest BCUT2D eigenvalue weighted by molar-refractivity contribution is 0.0651. The van der Waals surface area contributed by atoms with E-state index < -0.39 is 0 Å². The molecule has 0 aromatic rings. The van der Waals surface area contributed by atoms with Crippen molar-refractivity contribution in [2.45, 2.75) is 70.9 Å². The largest absolute Gasteiger partial charge is 0.291 e. The molecule has 0 aromatic heterocycles. The van der Waals surface area contributed by atoms with Gasteiger partial charge in [0.1, 0.15) is 0 Å². The minimum Gasteiger partial charge on any atom is -0.291 e. The van der Waals surface area contributed by atoms with Crippen molar-refractivity contribution < 1.29 is 0 Å². The van der Waals surface area contributed by atoms with Gasteiger partial charge in [-0.3, -0.25) is 19.6 Å². The molecule has 2 fully saturated rings. The van der Waals surface area contributed by atoms with Crippen LogP contribution in [0.3, 0.4) is 0 Å². The maximum absolute atomic E-state index is 2.63. The number of unbranched alkanes of at least 4 members (excludes halogenated alkanes) is 4. The molecular formula is C19H40N4. The van der Waals surface area contributed by atoms with Crippen LogP contribution in [0.25, 0.3) is 0 Å².